The zero-order valence-corrected chi connectivity index (χ0v) is 14.5. The molecule has 0 spiro atoms. The summed E-state index contributed by atoms with van der Waals surface area (Å²) in [5, 5.41) is 0. The molecule has 0 bridgehead atoms. The lowest BCUT2D eigenvalue weighted by molar-refractivity contribution is -0.146. The van der Waals surface area contributed by atoms with Crippen molar-refractivity contribution in [3.8, 4) is 5.75 Å². The Balaban J connectivity index is 2.52. The van der Waals surface area contributed by atoms with Crippen molar-refractivity contribution in [1.82, 2.24) is 4.90 Å². The number of carbonyl (C=O) groups is 2. The van der Waals surface area contributed by atoms with Gasteiger partial charge in [-0.2, -0.15) is 0 Å². The number of methoxy groups -OCH3 is 1. The molecular weight excluding hydrogens is 294 g/mol. The molecule has 0 heterocycles. The lowest BCUT2D eigenvalue weighted by Crippen LogP contribution is -2.40. The van der Waals surface area contributed by atoms with Crippen molar-refractivity contribution in [2.75, 3.05) is 26.8 Å². The maximum Gasteiger partial charge on any atom is 0.310 e. The van der Waals surface area contributed by atoms with E-state index in [4.69, 9.17) is 9.47 Å². The molecule has 1 rings (SSSR count). The molecule has 0 aliphatic rings. The molecule has 0 fully saturated rings. The van der Waals surface area contributed by atoms with Gasteiger partial charge in [-0.15, -0.1) is 0 Å². The zero-order chi connectivity index (χ0) is 17.2. The van der Waals surface area contributed by atoms with Gasteiger partial charge >= 0.3 is 5.97 Å². The van der Waals surface area contributed by atoms with Gasteiger partial charge in [-0.05, 0) is 18.1 Å². The average Bonchev–Trinajstić information content (AvgIpc) is 2.53. The van der Waals surface area contributed by atoms with Crippen molar-refractivity contribution in [2.45, 2.75) is 27.2 Å². The summed E-state index contributed by atoms with van der Waals surface area (Å²) in [6, 6.07) is 9.41. The number of amides is 1. The summed E-state index contributed by atoms with van der Waals surface area (Å²) >= 11 is 0. The summed E-state index contributed by atoms with van der Waals surface area (Å²) in [6.45, 7) is 7.17. The van der Waals surface area contributed by atoms with Gasteiger partial charge < -0.3 is 14.4 Å². The fourth-order valence-electron chi connectivity index (χ4n) is 2.26. The van der Waals surface area contributed by atoms with E-state index in [-0.39, 0.29) is 24.2 Å². The first-order chi connectivity index (χ1) is 10.9. The molecule has 1 unspecified atom stereocenters. The highest BCUT2D eigenvalue weighted by molar-refractivity contribution is 5.78. The van der Waals surface area contributed by atoms with Crippen LogP contribution in [0.15, 0.2) is 30.3 Å². The van der Waals surface area contributed by atoms with Crippen LogP contribution >= 0.6 is 0 Å². The highest BCUT2D eigenvalue weighted by Gasteiger charge is 2.22. The number of para-hydroxylation sites is 1. The van der Waals surface area contributed by atoms with Crippen LogP contribution in [0.4, 0.5) is 0 Å². The third-order valence-corrected chi connectivity index (χ3v) is 3.36. The fourth-order valence-corrected chi connectivity index (χ4v) is 2.26. The highest BCUT2D eigenvalue weighted by atomic mass is 16.5. The highest BCUT2D eigenvalue weighted by Crippen LogP contribution is 2.11. The first-order valence-electron chi connectivity index (χ1n) is 7.97. The van der Waals surface area contributed by atoms with Gasteiger partial charge in [-0.1, -0.05) is 39.0 Å². The van der Waals surface area contributed by atoms with Gasteiger partial charge in [0.2, 0.25) is 5.91 Å². The maximum atomic E-state index is 12.4. The number of hydrogen-bond donors (Lipinski definition) is 0. The van der Waals surface area contributed by atoms with Gasteiger partial charge in [0.25, 0.3) is 0 Å². The van der Waals surface area contributed by atoms with Crippen LogP contribution in [-0.4, -0.2) is 43.6 Å². The predicted octanol–water partition coefficient (Wildman–Crippen LogP) is 2.75. The number of ether oxygens (including phenoxy) is 2. The fraction of sp³-hybridized carbons (Fsp3) is 0.556. The molecule has 0 aromatic heterocycles. The lowest BCUT2D eigenvalue weighted by atomic mass is 10.1. The van der Waals surface area contributed by atoms with Gasteiger partial charge in [0.1, 0.15) is 5.75 Å². The first-order valence-corrected chi connectivity index (χ1v) is 7.97. The quantitative estimate of drug-likeness (QED) is 0.656. The Morgan fingerprint density at radius 2 is 1.74 bits per heavy atom. The Morgan fingerprint density at radius 3 is 2.30 bits per heavy atom. The number of benzene rings is 1. The van der Waals surface area contributed by atoms with Crippen LogP contribution < -0.4 is 4.74 Å². The molecule has 0 aliphatic carbocycles. The monoisotopic (exact) mass is 321 g/mol. The van der Waals surface area contributed by atoms with E-state index in [1.807, 2.05) is 44.2 Å². The minimum Gasteiger partial charge on any atom is -0.493 e. The number of esters is 1. The predicted molar refractivity (Wildman–Crippen MR) is 89.2 cm³/mol. The normalized spacial score (nSPS) is 11.9. The van der Waals surface area contributed by atoms with Crippen LogP contribution in [0.5, 0.6) is 5.75 Å². The van der Waals surface area contributed by atoms with Gasteiger partial charge in [0.05, 0.1) is 26.1 Å². The minimum atomic E-state index is -0.335. The molecule has 1 aromatic rings. The number of nitrogens with zero attached hydrogens (tertiary/aromatic N) is 1. The largest absolute Gasteiger partial charge is 0.493 e. The molecule has 0 saturated carbocycles. The van der Waals surface area contributed by atoms with E-state index in [1.54, 1.807) is 11.8 Å². The van der Waals surface area contributed by atoms with Crippen molar-refractivity contribution >= 4 is 11.9 Å². The zero-order valence-electron chi connectivity index (χ0n) is 14.5. The molecule has 5 heteroatoms. The van der Waals surface area contributed by atoms with Crippen molar-refractivity contribution in [1.29, 1.82) is 0 Å². The van der Waals surface area contributed by atoms with E-state index >= 15 is 0 Å². The summed E-state index contributed by atoms with van der Waals surface area (Å²) in [5.74, 6) is 0.438. The molecule has 0 N–H and O–H groups in total. The van der Waals surface area contributed by atoms with Crippen molar-refractivity contribution < 1.29 is 19.1 Å². The SMILES string of the molecule is COC(=O)C(C)CN(CC(C)C)C(=O)CCOc1ccccc1. The number of carbonyl (C=O) groups excluding carboxylic acids is 2. The lowest BCUT2D eigenvalue weighted by Gasteiger charge is -2.26. The van der Waals surface area contributed by atoms with Gasteiger partial charge in [0, 0.05) is 13.1 Å². The third kappa shape index (κ3) is 7.17. The summed E-state index contributed by atoms with van der Waals surface area (Å²) in [7, 11) is 1.36. The number of rotatable bonds is 9. The molecule has 23 heavy (non-hydrogen) atoms. The second-order valence-electron chi connectivity index (χ2n) is 6.03. The first kappa shape index (κ1) is 19.0. The van der Waals surface area contributed by atoms with E-state index in [9.17, 15) is 9.59 Å². The number of hydrogen-bond acceptors (Lipinski definition) is 4. The molecule has 5 nitrogen and oxygen atoms in total. The van der Waals surface area contributed by atoms with Crippen molar-refractivity contribution in [3.05, 3.63) is 30.3 Å². The molecule has 0 saturated heterocycles. The average molecular weight is 321 g/mol. The summed E-state index contributed by atoms with van der Waals surface area (Å²) < 4.78 is 10.3. The van der Waals surface area contributed by atoms with E-state index in [0.717, 1.165) is 5.75 Å². The van der Waals surface area contributed by atoms with E-state index < -0.39 is 0 Å². The summed E-state index contributed by atoms with van der Waals surface area (Å²) in [6.07, 6.45) is 0.287. The van der Waals surface area contributed by atoms with Crippen molar-refractivity contribution in [2.24, 2.45) is 11.8 Å². The molecule has 1 amide bonds. The Morgan fingerprint density at radius 1 is 1.09 bits per heavy atom. The Bertz CT molecular complexity index is 487. The Hall–Kier alpha value is -2.04. The molecule has 1 aromatic carbocycles. The minimum absolute atomic E-state index is 0.00890. The van der Waals surface area contributed by atoms with E-state index in [2.05, 4.69) is 0 Å². The topological polar surface area (TPSA) is 55.8 Å². The van der Waals surface area contributed by atoms with Gasteiger partial charge in [0.15, 0.2) is 0 Å². The van der Waals surface area contributed by atoms with Crippen LogP contribution in [0.1, 0.15) is 27.2 Å². The smallest absolute Gasteiger partial charge is 0.310 e. The van der Waals surface area contributed by atoms with E-state index in [1.165, 1.54) is 7.11 Å². The van der Waals surface area contributed by atoms with Crippen LogP contribution in [-0.2, 0) is 14.3 Å². The molecular formula is C18H27NO4. The third-order valence-electron chi connectivity index (χ3n) is 3.36. The van der Waals surface area contributed by atoms with E-state index in [0.29, 0.717) is 25.6 Å². The van der Waals surface area contributed by atoms with Gasteiger partial charge in [-0.3, -0.25) is 9.59 Å². The van der Waals surface area contributed by atoms with Crippen molar-refractivity contribution in [3.63, 3.8) is 0 Å². The van der Waals surface area contributed by atoms with Crippen LogP contribution in [0.3, 0.4) is 0 Å². The summed E-state index contributed by atoms with van der Waals surface area (Å²) in [4.78, 5) is 25.7. The Kier molecular flexibility index (Phi) is 8.16. The molecule has 128 valence electrons. The molecule has 1 atom stereocenters. The van der Waals surface area contributed by atoms with Gasteiger partial charge in [-0.25, -0.2) is 0 Å². The molecule has 0 aliphatic heterocycles. The van der Waals surface area contributed by atoms with Crippen LogP contribution in [0, 0.1) is 11.8 Å². The van der Waals surface area contributed by atoms with Crippen LogP contribution in [0.25, 0.3) is 0 Å². The summed E-state index contributed by atoms with van der Waals surface area (Å²) in [5.41, 5.74) is 0. The standard InChI is InChI=1S/C18H27NO4/c1-14(2)12-19(13-15(3)18(21)22-4)17(20)10-11-23-16-8-6-5-7-9-16/h5-9,14-15H,10-13H2,1-4H3. The maximum absolute atomic E-state index is 12.4. The Labute approximate surface area is 138 Å². The molecule has 0 radical (unpaired) electrons. The second kappa shape index (κ2) is 9.87. The van der Waals surface area contributed by atoms with Crippen LogP contribution in [0.2, 0.25) is 0 Å². The second-order valence-corrected chi connectivity index (χ2v) is 6.03.